The van der Waals surface area contributed by atoms with E-state index in [0.29, 0.717) is 24.1 Å². The second-order valence-electron chi connectivity index (χ2n) is 7.37. The van der Waals surface area contributed by atoms with Gasteiger partial charge < -0.3 is 11.5 Å². The molecule has 1 aliphatic heterocycles. The van der Waals surface area contributed by atoms with E-state index < -0.39 is 33.8 Å². The predicted molar refractivity (Wildman–Crippen MR) is 108 cm³/mol. The number of nitrogens with zero attached hydrogens (tertiary/aromatic N) is 1. The van der Waals surface area contributed by atoms with Crippen molar-refractivity contribution in [2.24, 2.45) is 17.4 Å². The Balaban J connectivity index is 2.56. The van der Waals surface area contributed by atoms with Crippen molar-refractivity contribution in [3.05, 3.63) is 72.1 Å². The molecule has 28 heavy (non-hydrogen) atoms. The molecule has 0 saturated carbocycles. The number of fused-ring (bicyclic) bond motifs is 1. The summed E-state index contributed by atoms with van der Waals surface area (Å²) in [6, 6.07) is 15.0. The van der Waals surface area contributed by atoms with Crippen molar-refractivity contribution >= 4 is 23.5 Å². The number of hydrogen-bond acceptors (Lipinski definition) is 3. The monoisotopic (exact) mass is 379 g/mol. The minimum atomic E-state index is -1.69. The number of aryl methyl sites for hydroxylation is 1. The molecule has 2 unspecified atom stereocenters. The summed E-state index contributed by atoms with van der Waals surface area (Å²) in [6.45, 7) is 3.56. The standard InChI is InChI=1S/C22H24N3O3/c1-15(2)22(20(23)27,17-11-4-3-5-12-17)25(21(24)28)18-13-7-6-9-16(18)10-8-14-19(25)26/h3-7,9,11-15H,8,10H2,1-2H3,(H3-,23,24,27,28)/p+1. The molecule has 1 radical (unpaired) electrons. The van der Waals surface area contributed by atoms with Gasteiger partial charge in [0, 0.05) is 23.1 Å². The van der Waals surface area contributed by atoms with Gasteiger partial charge in [-0.3, -0.25) is 4.79 Å². The fourth-order valence-corrected chi connectivity index (χ4v) is 4.62. The van der Waals surface area contributed by atoms with Gasteiger partial charge in [0.15, 0.2) is 5.69 Å². The molecule has 4 amide bonds. The van der Waals surface area contributed by atoms with E-state index >= 15 is 0 Å². The second kappa shape index (κ2) is 7.20. The fourth-order valence-electron chi connectivity index (χ4n) is 4.62. The molecule has 2 atom stereocenters. The van der Waals surface area contributed by atoms with Crippen molar-refractivity contribution < 1.29 is 14.4 Å². The van der Waals surface area contributed by atoms with E-state index in [1.807, 2.05) is 12.1 Å². The zero-order valence-corrected chi connectivity index (χ0v) is 16.1. The Kier molecular flexibility index (Phi) is 5.08. The van der Waals surface area contributed by atoms with Crippen LogP contribution in [-0.4, -0.2) is 17.8 Å². The van der Waals surface area contributed by atoms with Crippen LogP contribution in [0.1, 0.15) is 31.4 Å². The van der Waals surface area contributed by atoms with Gasteiger partial charge >= 0.3 is 11.9 Å². The summed E-state index contributed by atoms with van der Waals surface area (Å²) < 4.78 is -0.972. The molecule has 0 aliphatic carbocycles. The smallest absolute Gasteiger partial charge is 0.364 e. The van der Waals surface area contributed by atoms with Crippen LogP contribution in [0.5, 0.6) is 0 Å². The maximum atomic E-state index is 13.6. The third kappa shape index (κ3) is 2.48. The van der Waals surface area contributed by atoms with Gasteiger partial charge in [-0.2, -0.15) is 0 Å². The molecule has 1 aliphatic rings. The van der Waals surface area contributed by atoms with Crippen molar-refractivity contribution in [3.8, 4) is 0 Å². The number of imide groups is 1. The average molecular weight is 379 g/mol. The SMILES string of the molecule is CC(C)C(C(N)=O)(c1ccccc1)[N+]1(C(N)=O)C(=O)[CH]CCc2ccccc21. The number of hydrogen-bond donors (Lipinski definition) is 2. The number of primary amides is 2. The first kappa shape index (κ1) is 19.8. The highest BCUT2D eigenvalue weighted by molar-refractivity contribution is 6.17. The number of rotatable bonds is 4. The lowest BCUT2D eigenvalue weighted by Crippen LogP contribution is -2.77. The molecule has 2 aromatic carbocycles. The first-order valence-electron chi connectivity index (χ1n) is 9.32. The van der Waals surface area contributed by atoms with Crippen LogP contribution in [0.15, 0.2) is 54.6 Å². The van der Waals surface area contributed by atoms with Gasteiger partial charge in [-0.1, -0.05) is 62.4 Å². The Labute approximate surface area is 164 Å². The van der Waals surface area contributed by atoms with Crippen molar-refractivity contribution in [2.75, 3.05) is 0 Å². The summed E-state index contributed by atoms with van der Waals surface area (Å²) in [7, 11) is 0. The highest BCUT2D eigenvalue weighted by atomic mass is 16.2. The quantitative estimate of drug-likeness (QED) is 0.798. The summed E-state index contributed by atoms with van der Waals surface area (Å²) in [6.07, 6.45) is 2.47. The van der Waals surface area contributed by atoms with Gasteiger partial charge in [-0.15, -0.1) is 4.48 Å². The number of para-hydroxylation sites is 1. The van der Waals surface area contributed by atoms with Gasteiger partial charge in [0.1, 0.15) is 0 Å². The van der Waals surface area contributed by atoms with E-state index in [1.54, 1.807) is 56.3 Å². The average Bonchev–Trinajstić information content (AvgIpc) is 2.80. The maximum absolute atomic E-state index is 13.6. The van der Waals surface area contributed by atoms with Crippen molar-refractivity contribution in [1.29, 1.82) is 0 Å². The van der Waals surface area contributed by atoms with E-state index in [2.05, 4.69) is 0 Å². The molecule has 0 bridgehead atoms. The largest absolute Gasteiger partial charge is 0.427 e. The molecule has 4 N–H and O–H groups in total. The highest BCUT2D eigenvalue weighted by Gasteiger charge is 2.68. The summed E-state index contributed by atoms with van der Waals surface area (Å²) in [5.74, 6) is -1.80. The summed E-state index contributed by atoms with van der Waals surface area (Å²) in [5.41, 5.74) is 12.0. The topological polar surface area (TPSA) is 103 Å². The van der Waals surface area contributed by atoms with Crippen LogP contribution in [0.2, 0.25) is 0 Å². The zero-order chi connectivity index (χ0) is 20.5. The zero-order valence-electron chi connectivity index (χ0n) is 16.1. The number of carbonyl (C=O) groups excluding carboxylic acids is 3. The Morgan fingerprint density at radius 2 is 1.61 bits per heavy atom. The first-order chi connectivity index (χ1) is 13.3. The molecule has 1 heterocycles. The number of quaternary nitrogens is 1. The lowest BCUT2D eigenvalue weighted by atomic mass is 9.74. The number of urea groups is 1. The molecular formula is C22H25N3O3+. The normalized spacial score (nSPS) is 21.5. The molecule has 0 spiro atoms. The van der Waals surface area contributed by atoms with Crippen LogP contribution in [0, 0.1) is 12.3 Å². The third-order valence-electron chi connectivity index (χ3n) is 5.70. The summed E-state index contributed by atoms with van der Waals surface area (Å²) in [5, 5.41) is 0. The molecule has 6 heteroatoms. The summed E-state index contributed by atoms with van der Waals surface area (Å²) in [4.78, 5) is 39.9. The number of benzene rings is 2. The molecule has 2 aromatic rings. The van der Waals surface area contributed by atoms with E-state index in [1.165, 1.54) is 6.42 Å². The van der Waals surface area contributed by atoms with Crippen molar-refractivity contribution in [1.82, 2.24) is 4.48 Å². The molecular weight excluding hydrogens is 354 g/mol. The Morgan fingerprint density at radius 3 is 2.18 bits per heavy atom. The Morgan fingerprint density at radius 1 is 1.00 bits per heavy atom. The van der Waals surface area contributed by atoms with E-state index in [0.717, 1.165) is 5.56 Å². The molecule has 0 fully saturated rings. The van der Waals surface area contributed by atoms with E-state index in [9.17, 15) is 14.4 Å². The maximum Gasteiger partial charge on any atom is 0.427 e. The molecule has 0 saturated heterocycles. The lowest BCUT2D eigenvalue weighted by Gasteiger charge is -2.48. The van der Waals surface area contributed by atoms with Crippen LogP contribution < -0.4 is 16.0 Å². The van der Waals surface area contributed by atoms with E-state index in [4.69, 9.17) is 11.5 Å². The van der Waals surface area contributed by atoms with Gasteiger partial charge in [0.2, 0.25) is 5.54 Å². The lowest BCUT2D eigenvalue weighted by molar-refractivity contribution is -0.142. The van der Waals surface area contributed by atoms with Crippen LogP contribution >= 0.6 is 0 Å². The number of amides is 4. The van der Waals surface area contributed by atoms with Crippen LogP contribution in [0.25, 0.3) is 0 Å². The van der Waals surface area contributed by atoms with Gasteiger partial charge in [-0.05, 0) is 12.8 Å². The fraction of sp³-hybridized carbons (Fsp3) is 0.273. The highest BCUT2D eigenvalue weighted by Crippen LogP contribution is 2.48. The van der Waals surface area contributed by atoms with Crippen molar-refractivity contribution in [3.63, 3.8) is 0 Å². The van der Waals surface area contributed by atoms with Gasteiger partial charge in [0.25, 0.3) is 5.91 Å². The number of nitrogens with two attached hydrogens (primary N) is 2. The van der Waals surface area contributed by atoms with Crippen LogP contribution in [0.4, 0.5) is 10.5 Å². The molecule has 145 valence electrons. The van der Waals surface area contributed by atoms with Crippen molar-refractivity contribution in [2.45, 2.75) is 32.2 Å². The molecule has 6 nitrogen and oxygen atoms in total. The Bertz CT molecular complexity index is 926. The van der Waals surface area contributed by atoms with Gasteiger partial charge in [0.05, 0.1) is 6.42 Å². The Hall–Kier alpha value is -2.99. The van der Waals surface area contributed by atoms with Crippen LogP contribution in [-0.2, 0) is 21.5 Å². The van der Waals surface area contributed by atoms with Crippen LogP contribution in [0.3, 0.4) is 0 Å². The first-order valence-corrected chi connectivity index (χ1v) is 9.32. The number of carbonyl (C=O) groups is 3. The third-order valence-corrected chi connectivity index (χ3v) is 5.70. The van der Waals surface area contributed by atoms with Gasteiger partial charge in [-0.25, -0.2) is 9.59 Å². The predicted octanol–water partition coefficient (Wildman–Crippen LogP) is 2.79. The molecule has 3 rings (SSSR count). The molecule has 0 aromatic heterocycles. The summed E-state index contributed by atoms with van der Waals surface area (Å²) >= 11 is 0. The minimum Gasteiger partial charge on any atom is -0.364 e. The minimum absolute atomic E-state index is 0.408. The second-order valence-corrected chi connectivity index (χ2v) is 7.37. The van der Waals surface area contributed by atoms with E-state index in [-0.39, 0.29) is 0 Å².